The summed E-state index contributed by atoms with van der Waals surface area (Å²) in [6.45, 7) is 0. The van der Waals surface area contributed by atoms with Crippen LogP contribution in [0.4, 0.5) is 9.80 Å². The van der Waals surface area contributed by atoms with Gasteiger partial charge in [0.15, 0.2) is 7.85 Å². The van der Waals surface area contributed by atoms with Crippen molar-refractivity contribution in [2.75, 3.05) is 5.32 Å². The maximum absolute atomic E-state index is 10.9. The highest BCUT2D eigenvalue weighted by Gasteiger charge is 2.12. The summed E-state index contributed by atoms with van der Waals surface area (Å²) in [6.07, 6.45) is 0. The Morgan fingerprint density at radius 3 is 2.54 bits per heavy atom. The predicted molar refractivity (Wildman–Crippen MR) is 54.2 cm³/mol. The van der Waals surface area contributed by atoms with Crippen molar-refractivity contribution in [3.63, 3.8) is 0 Å². The zero-order chi connectivity index (χ0) is 10.0. The van der Waals surface area contributed by atoms with Gasteiger partial charge in [-0.05, 0) is 10.8 Å². The molecule has 0 spiro atoms. The molecule has 0 saturated carbocycles. The van der Waals surface area contributed by atoms with E-state index in [0.717, 1.165) is 4.78 Å². The number of urea groups is 1. The molecule has 1 heterocycles. The van der Waals surface area contributed by atoms with Gasteiger partial charge in [-0.3, -0.25) is 10.1 Å². The van der Waals surface area contributed by atoms with Gasteiger partial charge in [0.2, 0.25) is 0 Å². The molecule has 0 atom stereocenters. The Balaban J connectivity index is 3.04. The summed E-state index contributed by atoms with van der Waals surface area (Å²) in [4.78, 5) is 21.4. The van der Waals surface area contributed by atoms with Gasteiger partial charge in [0.25, 0.3) is 5.91 Å². The summed E-state index contributed by atoms with van der Waals surface area (Å²) in [7, 11) is 1.81. The van der Waals surface area contributed by atoms with Crippen molar-refractivity contribution in [1.29, 1.82) is 0 Å². The lowest BCUT2D eigenvalue weighted by Gasteiger charge is -1.98. The first-order valence-corrected chi connectivity index (χ1v) is 4.29. The minimum atomic E-state index is -0.704. The normalized spacial score (nSPS) is 9.54. The fourth-order valence-electron chi connectivity index (χ4n) is 0.902. The summed E-state index contributed by atoms with van der Waals surface area (Å²) >= 11 is 1.26. The van der Waals surface area contributed by atoms with E-state index >= 15 is 0 Å². The highest BCUT2D eigenvalue weighted by atomic mass is 32.1. The average Bonchev–Trinajstić information content (AvgIpc) is 2.29. The van der Waals surface area contributed by atoms with Crippen LogP contribution in [-0.2, 0) is 0 Å². The molecule has 1 rings (SSSR count). The second-order valence-electron chi connectivity index (χ2n) is 2.45. The van der Waals surface area contributed by atoms with Gasteiger partial charge >= 0.3 is 6.03 Å². The van der Waals surface area contributed by atoms with Crippen LogP contribution in [0.1, 0.15) is 10.4 Å². The maximum atomic E-state index is 10.9. The lowest BCUT2D eigenvalue weighted by molar-refractivity contribution is 0.100. The van der Waals surface area contributed by atoms with E-state index in [1.54, 1.807) is 6.07 Å². The van der Waals surface area contributed by atoms with E-state index in [-0.39, 0.29) is 0 Å². The van der Waals surface area contributed by atoms with Crippen LogP contribution in [0.5, 0.6) is 0 Å². The van der Waals surface area contributed by atoms with Crippen LogP contribution < -0.4 is 21.6 Å². The van der Waals surface area contributed by atoms with Gasteiger partial charge in [0.1, 0.15) is 5.00 Å². The smallest absolute Gasteiger partial charge is 0.317 e. The van der Waals surface area contributed by atoms with E-state index in [1.165, 1.54) is 11.3 Å². The van der Waals surface area contributed by atoms with E-state index in [0.29, 0.717) is 10.6 Å². The fraction of sp³-hybridized carbons (Fsp3) is 0. The summed E-state index contributed by atoms with van der Waals surface area (Å²) in [6, 6.07) is 0.905. The van der Waals surface area contributed by atoms with Crippen molar-refractivity contribution < 1.29 is 9.59 Å². The van der Waals surface area contributed by atoms with Crippen LogP contribution in [0.25, 0.3) is 0 Å². The number of rotatable bonds is 2. The average molecular weight is 197 g/mol. The zero-order valence-corrected chi connectivity index (χ0v) is 7.77. The van der Waals surface area contributed by atoms with Gasteiger partial charge in [-0.1, -0.05) is 0 Å². The monoisotopic (exact) mass is 197 g/mol. The van der Waals surface area contributed by atoms with Gasteiger partial charge in [0, 0.05) is 0 Å². The Labute approximate surface area is 79.5 Å². The molecule has 0 aliphatic rings. The Hall–Kier alpha value is -1.50. The number of primary amides is 2. The van der Waals surface area contributed by atoms with Crippen molar-refractivity contribution >= 4 is 40.9 Å². The molecular formula is C6H8BN3O2S. The molecule has 1 aromatic rings. The number of hydrogen-bond donors (Lipinski definition) is 3. The molecule has 0 aromatic carbocycles. The number of amides is 3. The third-order valence-electron chi connectivity index (χ3n) is 1.36. The summed E-state index contributed by atoms with van der Waals surface area (Å²) in [5.41, 5.74) is 10.3. The molecule has 0 radical (unpaired) electrons. The third kappa shape index (κ3) is 2.22. The van der Waals surface area contributed by atoms with E-state index in [9.17, 15) is 9.59 Å². The molecule has 0 aliphatic carbocycles. The van der Waals surface area contributed by atoms with Crippen LogP contribution in [0.15, 0.2) is 6.07 Å². The van der Waals surface area contributed by atoms with E-state index in [1.807, 2.05) is 7.85 Å². The second kappa shape index (κ2) is 3.48. The summed E-state index contributed by atoms with van der Waals surface area (Å²) < 4.78 is 0.887. The zero-order valence-electron chi connectivity index (χ0n) is 6.96. The van der Waals surface area contributed by atoms with Crippen molar-refractivity contribution in [3.8, 4) is 0 Å². The van der Waals surface area contributed by atoms with E-state index in [4.69, 9.17) is 11.5 Å². The minimum Gasteiger partial charge on any atom is -0.366 e. The standard InChI is InChI=1S/C6H8BN3O2S/c7-3-1-2(4(8)11)5(13-3)10-6(9)12/h1H,7H2,(H2,8,11)(H3,9,10,12). The molecule has 1 aromatic heterocycles. The first-order chi connectivity index (χ1) is 6.00. The number of nitrogens with one attached hydrogen (secondary N) is 1. The van der Waals surface area contributed by atoms with Gasteiger partial charge in [-0.25, -0.2) is 4.79 Å². The molecular weight excluding hydrogens is 189 g/mol. The maximum Gasteiger partial charge on any atom is 0.317 e. The molecule has 0 aliphatic heterocycles. The van der Waals surface area contributed by atoms with Crippen molar-refractivity contribution in [3.05, 3.63) is 11.6 Å². The highest BCUT2D eigenvalue weighted by molar-refractivity contribution is 7.24. The van der Waals surface area contributed by atoms with Gasteiger partial charge < -0.3 is 11.5 Å². The molecule has 3 amide bonds. The van der Waals surface area contributed by atoms with E-state index < -0.39 is 11.9 Å². The molecule has 5 nitrogen and oxygen atoms in total. The van der Waals surface area contributed by atoms with Crippen molar-refractivity contribution in [2.45, 2.75) is 0 Å². The van der Waals surface area contributed by atoms with Crippen molar-refractivity contribution in [1.82, 2.24) is 0 Å². The highest BCUT2D eigenvalue weighted by Crippen LogP contribution is 2.19. The molecule has 7 heteroatoms. The Morgan fingerprint density at radius 1 is 1.46 bits per heavy atom. The number of carbonyl (C=O) groups excluding carboxylic acids is 2. The topological polar surface area (TPSA) is 98.2 Å². The van der Waals surface area contributed by atoms with Gasteiger partial charge in [0.05, 0.1) is 5.56 Å². The molecule has 5 N–H and O–H groups in total. The van der Waals surface area contributed by atoms with Crippen LogP contribution in [0, 0.1) is 0 Å². The first-order valence-electron chi connectivity index (χ1n) is 3.47. The van der Waals surface area contributed by atoms with Gasteiger partial charge in [-0.15, -0.1) is 11.3 Å². The number of carbonyl (C=O) groups is 2. The quantitative estimate of drug-likeness (QED) is 0.508. The predicted octanol–water partition coefficient (Wildman–Crippen LogP) is -1.40. The Bertz CT molecular complexity index is 363. The lowest BCUT2D eigenvalue weighted by atomic mass is 10.1. The first kappa shape index (κ1) is 9.59. The molecule has 0 bridgehead atoms. The van der Waals surface area contributed by atoms with Crippen LogP contribution in [-0.4, -0.2) is 19.8 Å². The Kier molecular flexibility index (Phi) is 2.57. The van der Waals surface area contributed by atoms with Gasteiger partial charge in [-0.2, -0.15) is 0 Å². The molecule has 13 heavy (non-hydrogen) atoms. The number of anilines is 1. The Morgan fingerprint density at radius 2 is 2.08 bits per heavy atom. The number of thiophene rings is 1. The number of nitrogens with two attached hydrogens (primary N) is 2. The second-order valence-corrected chi connectivity index (χ2v) is 3.71. The molecule has 0 unspecified atom stereocenters. The molecule has 68 valence electrons. The van der Waals surface area contributed by atoms with E-state index in [2.05, 4.69) is 5.32 Å². The lowest BCUT2D eigenvalue weighted by Crippen LogP contribution is -2.21. The molecule has 0 fully saturated rings. The third-order valence-corrected chi connectivity index (χ3v) is 2.32. The largest absolute Gasteiger partial charge is 0.366 e. The number of hydrogen-bond acceptors (Lipinski definition) is 3. The summed E-state index contributed by atoms with van der Waals surface area (Å²) in [5.74, 6) is -0.576. The van der Waals surface area contributed by atoms with Crippen molar-refractivity contribution in [2.24, 2.45) is 11.5 Å². The minimum absolute atomic E-state index is 0.293. The fourth-order valence-corrected chi connectivity index (χ4v) is 1.82. The SMILES string of the molecule is Bc1cc(C(N)=O)c(NC(N)=O)s1. The van der Waals surface area contributed by atoms with Crippen LogP contribution in [0.2, 0.25) is 0 Å². The van der Waals surface area contributed by atoms with Crippen LogP contribution >= 0.6 is 11.3 Å². The van der Waals surface area contributed by atoms with Crippen LogP contribution in [0.3, 0.4) is 0 Å². The molecule has 0 saturated heterocycles. The summed E-state index contributed by atoms with van der Waals surface area (Å²) in [5, 5.41) is 2.73.